The van der Waals surface area contributed by atoms with Crippen LogP contribution in [0.15, 0.2) is 0 Å². The molecule has 2 heterocycles. The van der Waals surface area contributed by atoms with Crippen LogP contribution in [0, 0.1) is 23.7 Å². The normalized spacial score (nSPS) is 39.1. The third kappa shape index (κ3) is 6.44. The van der Waals surface area contributed by atoms with Gasteiger partial charge in [-0.15, -0.1) is 0 Å². The van der Waals surface area contributed by atoms with Gasteiger partial charge >= 0.3 is 17.9 Å². The highest BCUT2D eigenvalue weighted by molar-refractivity contribution is 5.75. The van der Waals surface area contributed by atoms with Gasteiger partial charge in [0.1, 0.15) is 18.8 Å². The predicted molar refractivity (Wildman–Crippen MR) is 115 cm³/mol. The molecule has 2 rings (SSSR count). The molecule has 0 bridgehead atoms. The standard InChI is InChI=1S/C23H38O10/c1-10(2)20-11(3)15(19(27)17(33-20)9-30-13(5)24)8-16-21(31-14(6)25)12(4)18(26)22(32-16)23(28)29-7/h10-12,15-22,26-27H,8-9H2,1-7H3. The van der Waals surface area contributed by atoms with Crippen LogP contribution in [0.5, 0.6) is 0 Å². The molecule has 0 radical (unpaired) electrons. The Hall–Kier alpha value is -1.75. The van der Waals surface area contributed by atoms with E-state index in [1.807, 2.05) is 20.8 Å². The number of carbonyl (C=O) groups is 3. The maximum absolute atomic E-state index is 12.2. The second kappa shape index (κ2) is 11.6. The molecule has 2 saturated heterocycles. The fourth-order valence-corrected chi connectivity index (χ4v) is 4.99. The lowest BCUT2D eigenvalue weighted by Gasteiger charge is -2.48. The molecule has 10 atom stereocenters. The molecule has 0 aromatic rings. The molecule has 10 nitrogen and oxygen atoms in total. The maximum Gasteiger partial charge on any atom is 0.337 e. The van der Waals surface area contributed by atoms with E-state index in [1.165, 1.54) is 21.0 Å². The molecule has 0 saturated carbocycles. The second-order valence-corrected chi connectivity index (χ2v) is 9.48. The number of hydrogen-bond acceptors (Lipinski definition) is 10. The van der Waals surface area contributed by atoms with Crippen LogP contribution < -0.4 is 0 Å². The molecule has 2 aliphatic rings. The first-order valence-corrected chi connectivity index (χ1v) is 11.4. The van der Waals surface area contributed by atoms with Gasteiger partial charge < -0.3 is 33.9 Å². The van der Waals surface area contributed by atoms with Crippen LogP contribution in [0.4, 0.5) is 0 Å². The lowest BCUT2D eigenvalue weighted by atomic mass is 9.72. The van der Waals surface area contributed by atoms with E-state index in [0.29, 0.717) is 0 Å². The van der Waals surface area contributed by atoms with E-state index in [0.717, 1.165) is 0 Å². The number of aliphatic hydroxyl groups excluding tert-OH is 2. The molecule has 190 valence electrons. The highest BCUT2D eigenvalue weighted by Gasteiger charge is 2.51. The van der Waals surface area contributed by atoms with Gasteiger partial charge in [0.15, 0.2) is 6.10 Å². The minimum atomic E-state index is -1.24. The van der Waals surface area contributed by atoms with E-state index in [4.69, 9.17) is 23.7 Å². The molecule has 0 amide bonds. The topological polar surface area (TPSA) is 138 Å². The number of rotatable bonds is 7. The van der Waals surface area contributed by atoms with Crippen LogP contribution in [-0.2, 0) is 38.1 Å². The van der Waals surface area contributed by atoms with Crippen molar-refractivity contribution in [1.82, 2.24) is 0 Å². The van der Waals surface area contributed by atoms with Gasteiger partial charge in [-0.05, 0) is 24.2 Å². The summed E-state index contributed by atoms with van der Waals surface area (Å²) in [6.07, 6.45) is -5.80. The van der Waals surface area contributed by atoms with E-state index < -0.39 is 60.4 Å². The minimum absolute atomic E-state index is 0.0955. The van der Waals surface area contributed by atoms with Gasteiger partial charge in [-0.1, -0.05) is 27.7 Å². The zero-order valence-corrected chi connectivity index (χ0v) is 20.4. The summed E-state index contributed by atoms with van der Waals surface area (Å²) in [5, 5.41) is 21.7. The van der Waals surface area contributed by atoms with Crippen LogP contribution in [0.2, 0.25) is 0 Å². The molecule has 2 aliphatic heterocycles. The minimum Gasteiger partial charge on any atom is -0.467 e. The summed E-state index contributed by atoms with van der Waals surface area (Å²) in [5.74, 6) is -2.73. The first-order chi connectivity index (χ1) is 15.4. The largest absolute Gasteiger partial charge is 0.467 e. The smallest absolute Gasteiger partial charge is 0.337 e. The molecule has 0 aliphatic carbocycles. The summed E-state index contributed by atoms with van der Waals surface area (Å²) in [6.45, 7) is 10.1. The maximum atomic E-state index is 12.2. The van der Waals surface area contributed by atoms with Crippen molar-refractivity contribution in [2.75, 3.05) is 13.7 Å². The number of ether oxygens (including phenoxy) is 5. The average Bonchev–Trinajstić information content (AvgIpc) is 2.73. The zero-order valence-electron chi connectivity index (χ0n) is 20.4. The zero-order chi connectivity index (χ0) is 25.0. The Kier molecular flexibility index (Phi) is 9.66. The lowest BCUT2D eigenvalue weighted by Crippen LogP contribution is -2.60. The number of aliphatic hydroxyl groups is 2. The molecule has 10 heteroatoms. The monoisotopic (exact) mass is 474 g/mol. The molecule has 2 fully saturated rings. The van der Waals surface area contributed by atoms with Crippen LogP contribution in [0.1, 0.15) is 48.0 Å². The second-order valence-electron chi connectivity index (χ2n) is 9.48. The van der Waals surface area contributed by atoms with Crippen molar-refractivity contribution in [3.63, 3.8) is 0 Å². The van der Waals surface area contributed by atoms with Crippen molar-refractivity contribution in [2.45, 2.75) is 90.7 Å². The van der Waals surface area contributed by atoms with E-state index in [2.05, 4.69) is 0 Å². The summed E-state index contributed by atoms with van der Waals surface area (Å²) in [4.78, 5) is 35.3. The third-order valence-corrected chi connectivity index (χ3v) is 6.75. The number of methoxy groups -OCH3 is 1. The van der Waals surface area contributed by atoms with Crippen LogP contribution in [0.25, 0.3) is 0 Å². The van der Waals surface area contributed by atoms with Crippen LogP contribution in [0.3, 0.4) is 0 Å². The summed E-state index contributed by atoms with van der Waals surface area (Å²) in [6, 6.07) is 0. The SMILES string of the molecule is COC(=O)C1OC(CC2C(C)C(C(C)C)OC(COC(C)=O)C2O)C(OC(C)=O)C(C)C1O. The molecular formula is C23H38O10. The Morgan fingerprint density at radius 3 is 2.09 bits per heavy atom. The fraction of sp³-hybridized carbons (Fsp3) is 0.870. The summed E-state index contributed by atoms with van der Waals surface area (Å²) in [5.41, 5.74) is 0. The first kappa shape index (κ1) is 27.5. The van der Waals surface area contributed by atoms with Gasteiger partial charge in [0, 0.05) is 19.8 Å². The number of hydrogen-bond donors (Lipinski definition) is 2. The molecule has 10 unspecified atom stereocenters. The van der Waals surface area contributed by atoms with Crippen LogP contribution in [-0.4, -0.2) is 84.6 Å². The average molecular weight is 475 g/mol. The highest BCUT2D eigenvalue weighted by Crippen LogP contribution is 2.40. The van der Waals surface area contributed by atoms with Gasteiger partial charge in [-0.25, -0.2) is 4.79 Å². The van der Waals surface area contributed by atoms with Gasteiger partial charge in [0.2, 0.25) is 0 Å². The van der Waals surface area contributed by atoms with Crippen molar-refractivity contribution < 1.29 is 48.3 Å². The number of carbonyl (C=O) groups excluding carboxylic acids is 3. The Morgan fingerprint density at radius 1 is 0.939 bits per heavy atom. The Morgan fingerprint density at radius 2 is 1.58 bits per heavy atom. The first-order valence-electron chi connectivity index (χ1n) is 11.4. The lowest BCUT2D eigenvalue weighted by molar-refractivity contribution is -0.237. The molecule has 0 spiro atoms. The molecule has 0 aromatic carbocycles. The van der Waals surface area contributed by atoms with Gasteiger partial charge in [0.05, 0.1) is 31.5 Å². The van der Waals surface area contributed by atoms with E-state index in [1.54, 1.807) is 6.92 Å². The Bertz CT molecular complexity index is 695. The molecule has 33 heavy (non-hydrogen) atoms. The van der Waals surface area contributed by atoms with Crippen molar-refractivity contribution in [3.8, 4) is 0 Å². The Labute approximate surface area is 194 Å². The van der Waals surface area contributed by atoms with Crippen molar-refractivity contribution in [2.24, 2.45) is 23.7 Å². The van der Waals surface area contributed by atoms with Gasteiger partial charge in [-0.3, -0.25) is 9.59 Å². The quantitative estimate of drug-likeness (QED) is 0.403. The van der Waals surface area contributed by atoms with Crippen molar-refractivity contribution in [1.29, 1.82) is 0 Å². The predicted octanol–water partition coefficient (Wildman–Crippen LogP) is 0.845. The van der Waals surface area contributed by atoms with Crippen molar-refractivity contribution in [3.05, 3.63) is 0 Å². The van der Waals surface area contributed by atoms with Crippen molar-refractivity contribution >= 4 is 17.9 Å². The van der Waals surface area contributed by atoms with Gasteiger partial charge in [-0.2, -0.15) is 0 Å². The highest BCUT2D eigenvalue weighted by atomic mass is 16.6. The van der Waals surface area contributed by atoms with Crippen LogP contribution >= 0.6 is 0 Å². The fourth-order valence-electron chi connectivity index (χ4n) is 4.99. The Balaban J connectivity index is 2.33. The van der Waals surface area contributed by atoms with E-state index in [-0.39, 0.29) is 36.9 Å². The summed E-state index contributed by atoms with van der Waals surface area (Å²) < 4.78 is 27.4. The number of esters is 3. The third-order valence-electron chi connectivity index (χ3n) is 6.75. The molecule has 2 N–H and O–H groups in total. The summed E-state index contributed by atoms with van der Waals surface area (Å²) >= 11 is 0. The molecular weight excluding hydrogens is 436 g/mol. The van der Waals surface area contributed by atoms with E-state index in [9.17, 15) is 24.6 Å². The van der Waals surface area contributed by atoms with Gasteiger partial charge in [0.25, 0.3) is 0 Å². The van der Waals surface area contributed by atoms with E-state index >= 15 is 0 Å². The molecule has 0 aromatic heterocycles. The summed E-state index contributed by atoms with van der Waals surface area (Å²) in [7, 11) is 1.20.